The second-order valence-electron chi connectivity index (χ2n) is 10.9. The number of carbonyl (C=O) groups excluding carboxylic acids is 1. The van der Waals surface area contributed by atoms with Gasteiger partial charge in [0.2, 0.25) is 5.91 Å². The van der Waals surface area contributed by atoms with Gasteiger partial charge in [-0.1, -0.05) is 121 Å². The number of unbranched alkanes of at least 4 members (excludes halogenated alkanes) is 13. The lowest BCUT2D eigenvalue weighted by Crippen LogP contribution is -2.66. The molecule has 38 heavy (non-hydrogen) atoms. The average molecular weight is 534 g/mol. The van der Waals surface area contributed by atoms with Gasteiger partial charge in [0, 0.05) is 19.1 Å². The number of amides is 1. The van der Waals surface area contributed by atoms with Crippen LogP contribution in [0.4, 0.5) is 0 Å². The van der Waals surface area contributed by atoms with Gasteiger partial charge in [0.25, 0.3) is 0 Å². The summed E-state index contributed by atoms with van der Waals surface area (Å²) in [5.41, 5.74) is 0.880. The highest BCUT2D eigenvalue weighted by molar-refractivity contribution is 5.73. The Morgan fingerprint density at radius 1 is 0.895 bits per heavy atom. The molecule has 0 aliphatic carbocycles. The summed E-state index contributed by atoms with van der Waals surface area (Å²) in [6.07, 6.45) is 14.9. The molecule has 0 spiro atoms. The number of hydrogen-bond acceptors (Lipinski definition) is 6. The zero-order valence-electron chi connectivity index (χ0n) is 23.7. The molecule has 0 radical (unpaired) electrons. The van der Waals surface area contributed by atoms with Crippen LogP contribution < -0.4 is 5.32 Å². The summed E-state index contributed by atoms with van der Waals surface area (Å²) >= 11 is 0. The van der Waals surface area contributed by atoms with Gasteiger partial charge in [-0.25, -0.2) is 0 Å². The van der Waals surface area contributed by atoms with Gasteiger partial charge >= 0.3 is 0 Å². The van der Waals surface area contributed by atoms with Crippen molar-refractivity contribution in [2.75, 3.05) is 13.2 Å². The molecule has 3 rings (SSSR count). The molecule has 2 N–H and O–H groups in total. The first-order chi connectivity index (χ1) is 18.6. The number of benzene rings is 1. The smallest absolute Gasteiger partial charge is 0.217 e. The van der Waals surface area contributed by atoms with Gasteiger partial charge in [0.15, 0.2) is 12.6 Å². The average Bonchev–Trinajstić information content (AvgIpc) is 2.93. The Bertz CT molecular complexity index is 762. The van der Waals surface area contributed by atoms with E-state index in [0.717, 1.165) is 18.4 Å². The predicted octanol–water partition coefficient (Wildman–Crippen LogP) is 6.19. The van der Waals surface area contributed by atoms with Crippen molar-refractivity contribution in [2.45, 2.75) is 141 Å². The fraction of sp³-hybridized carbons (Fsp3) is 0.774. The van der Waals surface area contributed by atoms with Crippen LogP contribution >= 0.6 is 0 Å². The Hall–Kier alpha value is -1.51. The van der Waals surface area contributed by atoms with Crippen molar-refractivity contribution < 1.29 is 28.8 Å². The minimum atomic E-state index is -0.964. The Balaban J connectivity index is 1.30. The molecule has 2 fully saturated rings. The summed E-state index contributed by atoms with van der Waals surface area (Å²) in [6.45, 7) is 4.51. The van der Waals surface area contributed by atoms with E-state index in [2.05, 4.69) is 12.2 Å². The fourth-order valence-corrected chi connectivity index (χ4v) is 5.40. The van der Waals surface area contributed by atoms with Crippen LogP contribution in [0.25, 0.3) is 0 Å². The van der Waals surface area contributed by atoms with Crippen LogP contribution in [0.5, 0.6) is 0 Å². The van der Waals surface area contributed by atoms with Gasteiger partial charge in [-0.3, -0.25) is 4.79 Å². The first-order valence-corrected chi connectivity index (χ1v) is 15.1. The first kappa shape index (κ1) is 31.0. The van der Waals surface area contributed by atoms with Crippen molar-refractivity contribution in [1.82, 2.24) is 5.32 Å². The number of nitrogens with one attached hydrogen (secondary N) is 1. The molecule has 1 amide bonds. The third-order valence-corrected chi connectivity index (χ3v) is 7.59. The van der Waals surface area contributed by atoms with Gasteiger partial charge < -0.3 is 29.4 Å². The maximum absolute atomic E-state index is 11.9. The summed E-state index contributed by atoms with van der Waals surface area (Å²) in [5, 5.41) is 13.9. The number of hydrogen-bond donors (Lipinski definition) is 2. The lowest BCUT2D eigenvalue weighted by atomic mass is 9.95. The van der Waals surface area contributed by atoms with Crippen molar-refractivity contribution in [1.29, 1.82) is 0 Å². The maximum Gasteiger partial charge on any atom is 0.217 e. The van der Waals surface area contributed by atoms with Crippen LogP contribution in [-0.2, 0) is 23.7 Å². The molecule has 0 bridgehead atoms. The Morgan fingerprint density at radius 3 is 2.05 bits per heavy atom. The number of rotatable bonds is 18. The van der Waals surface area contributed by atoms with E-state index >= 15 is 0 Å². The van der Waals surface area contributed by atoms with Gasteiger partial charge in [-0.2, -0.15) is 0 Å². The lowest BCUT2D eigenvalue weighted by molar-refractivity contribution is -0.344. The number of fused-ring (bicyclic) bond motifs is 1. The van der Waals surface area contributed by atoms with E-state index in [9.17, 15) is 9.90 Å². The number of aliphatic hydroxyl groups excluding tert-OH is 1. The Morgan fingerprint density at radius 2 is 1.47 bits per heavy atom. The maximum atomic E-state index is 11.9. The van der Waals surface area contributed by atoms with E-state index in [4.69, 9.17) is 18.9 Å². The highest BCUT2D eigenvalue weighted by Gasteiger charge is 2.50. The first-order valence-electron chi connectivity index (χ1n) is 15.1. The molecule has 1 aromatic rings. The normalized spacial score (nSPS) is 27.1. The minimum absolute atomic E-state index is 0.243. The van der Waals surface area contributed by atoms with Gasteiger partial charge in [-0.05, 0) is 6.42 Å². The largest absolute Gasteiger partial charge is 0.388 e. The number of ether oxygens (including phenoxy) is 4. The summed E-state index contributed by atoms with van der Waals surface area (Å²) in [5.74, 6) is -0.243. The molecule has 7 nitrogen and oxygen atoms in total. The molecule has 7 heteroatoms. The van der Waals surface area contributed by atoms with Crippen LogP contribution in [0.2, 0.25) is 0 Å². The molecule has 2 heterocycles. The van der Waals surface area contributed by atoms with E-state index in [-0.39, 0.29) is 12.5 Å². The molecule has 2 aliphatic heterocycles. The molecule has 0 unspecified atom stereocenters. The SMILES string of the molecule is CCCCCCCCCCCCCCCCO[C@H]1O[C@H]2CO[C@H](c3ccccc3)O[C@H]2[C@@H](O)[C@H]1NC(C)=O. The van der Waals surface area contributed by atoms with Crippen LogP contribution in [-0.4, -0.2) is 54.9 Å². The topological polar surface area (TPSA) is 86.2 Å². The van der Waals surface area contributed by atoms with Crippen LogP contribution in [0.1, 0.15) is 116 Å². The molecule has 0 saturated carbocycles. The summed E-state index contributed by atoms with van der Waals surface area (Å²) in [6, 6.07) is 8.92. The molecular weight excluding hydrogens is 482 g/mol. The standard InChI is InChI=1S/C31H51NO6/c1-3-4-5-6-7-8-9-10-11-12-13-14-15-19-22-35-31-27(32-24(2)33)28(34)29-26(37-31)23-36-30(38-29)25-20-17-16-18-21-25/h16-18,20-21,26-31,34H,3-15,19,22-23H2,1-2H3,(H,32,33)/t26-,27+,28-,29+,30-,31-/m0/s1. The zero-order chi connectivity index (χ0) is 27.0. The van der Waals surface area contributed by atoms with E-state index in [1.165, 1.54) is 84.0 Å². The van der Waals surface area contributed by atoms with Crippen molar-refractivity contribution in [3.63, 3.8) is 0 Å². The summed E-state index contributed by atoms with van der Waals surface area (Å²) < 4.78 is 24.1. The lowest BCUT2D eigenvalue weighted by Gasteiger charge is -2.47. The van der Waals surface area contributed by atoms with Crippen molar-refractivity contribution in [3.8, 4) is 0 Å². The third-order valence-electron chi connectivity index (χ3n) is 7.59. The molecular formula is C31H51NO6. The highest BCUT2D eigenvalue weighted by Crippen LogP contribution is 2.34. The monoisotopic (exact) mass is 533 g/mol. The van der Waals surface area contributed by atoms with E-state index in [1.807, 2.05) is 30.3 Å². The Kier molecular flexibility index (Phi) is 14.7. The quantitative estimate of drug-likeness (QED) is 0.219. The molecule has 216 valence electrons. The summed E-state index contributed by atoms with van der Waals surface area (Å²) in [7, 11) is 0. The fourth-order valence-electron chi connectivity index (χ4n) is 5.40. The van der Waals surface area contributed by atoms with Gasteiger partial charge in [-0.15, -0.1) is 0 Å². The number of aliphatic hydroxyl groups is 1. The summed E-state index contributed by atoms with van der Waals surface area (Å²) in [4.78, 5) is 11.9. The predicted molar refractivity (Wildman–Crippen MR) is 149 cm³/mol. The zero-order valence-corrected chi connectivity index (χ0v) is 23.7. The minimum Gasteiger partial charge on any atom is -0.388 e. The van der Waals surface area contributed by atoms with Crippen molar-refractivity contribution >= 4 is 5.91 Å². The van der Waals surface area contributed by atoms with Crippen LogP contribution in [0, 0.1) is 0 Å². The molecule has 2 saturated heterocycles. The van der Waals surface area contributed by atoms with E-state index in [0.29, 0.717) is 6.61 Å². The van der Waals surface area contributed by atoms with E-state index < -0.39 is 36.9 Å². The van der Waals surface area contributed by atoms with E-state index in [1.54, 1.807) is 0 Å². The molecule has 0 aromatic heterocycles. The second kappa shape index (κ2) is 18.0. The van der Waals surface area contributed by atoms with Gasteiger partial charge in [0.1, 0.15) is 24.4 Å². The van der Waals surface area contributed by atoms with Crippen molar-refractivity contribution in [2.24, 2.45) is 0 Å². The second-order valence-corrected chi connectivity index (χ2v) is 10.9. The highest BCUT2D eigenvalue weighted by atomic mass is 16.7. The molecule has 6 atom stereocenters. The third kappa shape index (κ3) is 10.6. The Labute approximate surface area is 230 Å². The van der Waals surface area contributed by atoms with Crippen LogP contribution in [0.15, 0.2) is 30.3 Å². The van der Waals surface area contributed by atoms with Crippen LogP contribution in [0.3, 0.4) is 0 Å². The van der Waals surface area contributed by atoms with Crippen molar-refractivity contribution in [3.05, 3.63) is 35.9 Å². The molecule has 1 aromatic carbocycles. The number of carbonyl (C=O) groups is 1. The molecule has 2 aliphatic rings. The van der Waals surface area contributed by atoms with Gasteiger partial charge in [0.05, 0.1) is 6.61 Å².